The van der Waals surface area contributed by atoms with Gasteiger partial charge in [-0.05, 0) is 50.9 Å². The maximum Gasteiger partial charge on any atom is 0.165 e. The molecule has 4 heteroatoms. The summed E-state index contributed by atoms with van der Waals surface area (Å²) in [6.45, 7) is 5.92. The number of rotatable bonds is 4. The molecule has 1 N–H and O–H groups in total. The van der Waals surface area contributed by atoms with E-state index in [9.17, 15) is 4.39 Å². The van der Waals surface area contributed by atoms with Crippen molar-refractivity contribution in [1.82, 2.24) is 10.3 Å². The van der Waals surface area contributed by atoms with Gasteiger partial charge in [-0.2, -0.15) is 0 Å². The molecule has 1 aromatic rings. The molecule has 1 fully saturated rings. The van der Waals surface area contributed by atoms with Crippen LogP contribution in [-0.4, -0.2) is 31.2 Å². The first kappa shape index (κ1) is 12.3. The minimum atomic E-state index is -0.219. The van der Waals surface area contributed by atoms with Crippen molar-refractivity contribution in [1.29, 1.82) is 0 Å². The molecule has 0 atom stereocenters. The van der Waals surface area contributed by atoms with Gasteiger partial charge < -0.3 is 10.2 Å². The smallest absolute Gasteiger partial charge is 0.165 e. The highest BCUT2D eigenvalue weighted by Gasteiger charge is 2.18. The lowest BCUT2D eigenvalue weighted by Crippen LogP contribution is -2.36. The van der Waals surface area contributed by atoms with Crippen molar-refractivity contribution in [3.8, 4) is 0 Å². The lowest BCUT2D eigenvalue weighted by atomic mass is 9.97. The first-order chi connectivity index (χ1) is 8.31. The van der Waals surface area contributed by atoms with Gasteiger partial charge in [-0.3, -0.25) is 0 Å². The van der Waals surface area contributed by atoms with Gasteiger partial charge in [0.15, 0.2) is 11.6 Å². The molecule has 0 radical (unpaired) electrons. The third kappa shape index (κ3) is 3.16. The van der Waals surface area contributed by atoms with Crippen LogP contribution in [0.4, 0.5) is 10.2 Å². The molecule has 1 aromatic heterocycles. The van der Waals surface area contributed by atoms with E-state index in [0.29, 0.717) is 11.7 Å². The summed E-state index contributed by atoms with van der Waals surface area (Å²) in [6, 6.07) is 3.12. The molecule has 0 aliphatic carbocycles. The number of nitrogens with one attached hydrogen (secondary N) is 1. The van der Waals surface area contributed by atoms with Crippen molar-refractivity contribution >= 4 is 5.82 Å². The van der Waals surface area contributed by atoms with E-state index in [1.807, 2.05) is 4.90 Å². The fourth-order valence-electron chi connectivity index (χ4n) is 2.35. The molecule has 2 rings (SSSR count). The fourth-order valence-corrected chi connectivity index (χ4v) is 2.35. The van der Waals surface area contributed by atoms with Gasteiger partial charge in [0.1, 0.15) is 0 Å². The molecule has 17 heavy (non-hydrogen) atoms. The predicted molar refractivity (Wildman–Crippen MR) is 67.7 cm³/mol. The molecular weight excluding hydrogens is 217 g/mol. The standard InChI is InChI=1S/C13H20FN3/c1-2-17(10-11-5-8-15-9-6-11)13-12(14)4-3-7-16-13/h3-4,7,11,15H,2,5-6,8-10H2,1H3. The Morgan fingerprint density at radius 2 is 2.24 bits per heavy atom. The van der Waals surface area contributed by atoms with Crippen LogP contribution in [0.1, 0.15) is 19.8 Å². The number of hydrogen-bond acceptors (Lipinski definition) is 3. The highest BCUT2D eigenvalue weighted by atomic mass is 19.1. The Labute approximate surface area is 102 Å². The van der Waals surface area contributed by atoms with Crippen molar-refractivity contribution in [2.24, 2.45) is 5.92 Å². The van der Waals surface area contributed by atoms with Crippen LogP contribution in [0.2, 0.25) is 0 Å². The highest BCUT2D eigenvalue weighted by molar-refractivity contribution is 5.39. The minimum absolute atomic E-state index is 0.219. The zero-order valence-corrected chi connectivity index (χ0v) is 10.3. The first-order valence-corrected chi connectivity index (χ1v) is 6.37. The summed E-state index contributed by atoms with van der Waals surface area (Å²) >= 11 is 0. The van der Waals surface area contributed by atoms with Gasteiger partial charge in [-0.15, -0.1) is 0 Å². The van der Waals surface area contributed by atoms with Crippen LogP contribution in [0.25, 0.3) is 0 Å². The molecule has 94 valence electrons. The lowest BCUT2D eigenvalue weighted by molar-refractivity contribution is 0.373. The van der Waals surface area contributed by atoms with Crippen molar-refractivity contribution in [3.63, 3.8) is 0 Å². The highest BCUT2D eigenvalue weighted by Crippen LogP contribution is 2.20. The largest absolute Gasteiger partial charge is 0.354 e. The Morgan fingerprint density at radius 3 is 2.88 bits per heavy atom. The first-order valence-electron chi connectivity index (χ1n) is 6.37. The molecular formula is C13H20FN3. The van der Waals surface area contributed by atoms with Crippen LogP contribution in [-0.2, 0) is 0 Å². The Balaban J connectivity index is 2.03. The van der Waals surface area contributed by atoms with Crippen LogP contribution < -0.4 is 10.2 Å². The summed E-state index contributed by atoms with van der Waals surface area (Å²) in [5.41, 5.74) is 0. The number of nitrogens with zero attached hydrogens (tertiary/aromatic N) is 2. The lowest BCUT2D eigenvalue weighted by Gasteiger charge is -2.30. The molecule has 1 aliphatic heterocycles. The molecule has 0 amide bonds. The third-order valence-electron chi connectivity index (χ3n) is 3.36. The van der Waals surface area contributed by atoms with Crippen LogP contribution >= 0.6 is 0 Å². The second-order valence-corrected chi connectivity index (χ2v) is 4.54. The Morgan fingerprint density at radius 1 is 1.47 bits per heavy atom. The number of anilines is 1. The fraction of sp³-hybridized carbons (Fsp3) is 0.615. The second kappa shape index (κ2) is 5.96. The van der Waals surface area contributed by atoms with E-state index in [2.05, 4.69) is 17.2 Å². The molecule has 0 saturated carbocycles. The molecule has 2 heterocycles. The number of aromatic nitrogens is 1. The van der Waals surface area contributed by atoms with Gasteiger partial charge in [0.05, 0.1) is 0 Å². The summed E-state index contributed by atoms with van der Waals surface area (Å²) in [5.74, 6) is 0.925. The molecule has 3 nitrogen and oxygen atoms in total. The van der Waals surface area contributed by atoms with Crippen molar-refractivity contribution < 1.29 is 4.39 Å². The van der Waals surface area contributed by atoms with Crippen LogP contribution in [0, 0.1) is 11.7 Å². The van der Waals surface area contributed by atoms with E-state index in [-0.39, 0.29) is 5.82 Å². The zero-order chi connectivity index (χ0) is 12.1. The van der Waals surface area contributed by atoms with E-state index in [1.165, 1.54) is 18.9 Å². The third-order valence-corrected chi connectivity index (χ3v) is 3.36. The Bertz CT molecular complexity index is 350. The van der Waals surface area contributed by atoms with Crippen molar-refractivity contribution in [2.45, 2.75) is 19.8 Å². The average Bonchev–Trinajstić information content (AvgIpc) is 2.38. The predicted octanol–water partition coefficient (Wildman–Crippen LogP) is 2.05. The van der Waals surface area contributed by atoms with E-state index in [0.717, 1.165) is 26.2 Å². The van der Waals surface area contributed by atoms with Crippen LogP contribution in [0.15, 0.2) is 18.3 Å². The Hall–Kier alpha value is -1.16. The topological polar surface area (TPSA) is 28.2 Å². The summed E-state index contributed by atoms with van der Waals surface area (Å²) in [4.78, 5) is 6.20. The number of hydrogen-bond donors (Lipinski definition) is 1. The van der Waals surface area contributed by atoms with Gasteiger partial charge >= 0.3 is 0 Å². The monoisotopic (exact) mass is 237 g/mol. The normalized spacial score (nSPS) is 17.1. The van der Waals surface area contributed by atoms with Gasteiger partial charge in [-0.1, -0.05) is 0 Å². The summed E-state index contributed by atoms with van der Waals surface area (Å²) in [7, 11) is 0. The number of halogens is 1. The van der Waals surface area contributed by atoms with Gasteiger partial charge in [0.2, 0.25) is 0 Å². The average molecular weight is 237 g/mol. The van der Waals surface area contributed by atoms with E-state index < -0.39 is 0 Å². The second-order valence-electron chi connectivity index (χ2n) is 4.54. The molecule has 1 saturated heterocycles. The van der Waals surface area contributed by atoms with E-state index >= 15 is 0 Å². The zero-order valence-electron chi connectivity index (χ0n) is 10.3. The minimum Gasteiger partial charge on any atom is -0.354 e. The molecule has 0 bridgehead atoms. The summed E-state index contributed by atoms with van der Waals surface area (Å²) in [6.07, 6.45) is 4.00. The molecule has 1 aliphatic rings. The number of piperidine rings is 1. The summed E-state index contributed by atoms with van der Waals surface area (Å²) < 4.78 is 13.7. The SMILES string of the molecule is CCN(CC1CCNCC1)c1ncccc1F. The van der Waals surface area contributed by atoms with E-state index in [1.54, 1.807) is 12.3 Å². The molecule has 0 unspecified atom stereocenters. The van der Waals surface area contributed by atoms with Crippen LogP contribution in [0.5, 0.6) is 0 Å². The maximum absolute atomic E-state index is 13.7. The van der Waals surface area contributed by atoms with Crippen LogP contribution in [0.3, 0.4) is 0 Å². The van der Waals surface area contributed by atoms with Gasteiger partial charge in [0.25, 0.3) is 0 Å². The quantitative estimate of drug-likeness (QED) is 0.868. The summed E-state index contributed by atoms with van der Waals surface area (Å²) in [5, 5.41) is 3.35. The molecule has 0 spiro atoms. The van der Waals surface area contributed by atoms with Crippen molar-refractivity contribution in [2.75, 3.05) is 31.1 Å². The van der Waals surface area contributed by atoms with Crippen molar-refractivity contribution in [3.05, 3.63) is 24.1 Å². The van der Waals surface area contributed by atoms with Gasteiger partial charge in [0, 0.05) is 19.3 Å². The van der Waals surface area contributed by atoms with E-state index in [4.69, 9.17) is 0 Å². The Kier molecular flexibility index (Phi) is 4.31. The maximum atomic E-state index is 13.7. The number of pyridine rings is 1. The molecule has 0 aromatic carbocycles. The van der Waals surface area contributed by atoms with Gasteiger partial charge in [-0.25, -0.2) is 9.37 Å².